The number of hydrogen-bond acceptors (Lipinski definition) is 5. The van der Waals surface area contributed by atoms with Gasteiger partial charge in [0.2, 0.25) is 5.75 Å². The Morgan fingerprint density at radius 2 is 1.50 bits per heavy atom. The van der Waals surface area contributed by atoms with Gasteiger partial charge in [0.25, 0.3) is 10.0 Å². The van der Waals surface area contributed by atoms with Gasteiger partial charge in [-0.05, 0) is 30.0 Å². The number of benzene rings is 2. The molecule has 7 heteroatoms. The third-order valence-corrected chi connectivity index (χ3v) is 5.69. The summed E-state index contributed by atoms with van der Waals surface area (Å²) in [5.41, 5.74) is 1.43. The van der Waals surface area contributed by atoms with Gasteiger partial charge < -0.3 is 14.2 Å². The molecule has 1 atom stereocenters. The van der Waals surface area contributed by atoms with Gasteiger partial charge in [-0.15, -0.1) is 0 Å². The zero-order valence-corrected chi connectivity index (χ0v) is 16.5. The van der Waals surface area contributed by atoms with Crippen molar-refractivity contribution < 1.29 is 22.6 Å². The molecule has 0 radical (unpaired) electrons. The highest BCUT2D eigenvalue weighted by molar-refractivity contribution is 7.92. The molecule has 0 fully saturated rings. The van der Waals surface area contributed by atoms with Crippen LogP contribution in [0.5, 0.6) is 17.2 Å². The molecule has 2 aromatic rings. The minimum atomic E-state index is -3.73. The van der Waals surface area contributed by atoms with E-state index in [4.69, 9.17) is 14.2 Å². The van der Waals surface area contributed by atoms with Gasteiger partial charge in [-0.3, -0.25) is 4.72 Å². The van der Waals surface area contributed by atoms with Gasteiger partial charge in [0.1, 0.15) is 0 Å². The highest BCUT2D eigenvalue weighted by Gasteiger charge is 2.19. The average Bonchev–Trinajstić information content (AvgIpc) is 2.66. The lowest BCUT2D eigenvalue weighted by Gasteiger charge is -2.15. The molecule has 2 rings (SSSR count). The molecule has 1 N–H and O–H groups in total. The summed E-state index contributed by atoms with van der Waals surface area (Å²) in [4.78, 5) is 0.193. The van der Waals surface area contributed by atoms with Crippen LogP contribution in [0, 0.1) is 0 Å². The van der Waals surface area contributed by atoms with Crippen molar-refractivity contribution in [1.29, 1.82) is 0 Å². The first kappa shape index (κ1) is 19.9. The van der Waals surface area contributed by atoms with Crippen LogP contribution in [0.2, 0.25) is 0 Å². The van der Waals surface area contributed by atoms with Crippen LogP contribution in [0.3, 0.4) is 0 Å². The molecular weight excluding hydrogens is 354 g/mol. The molecule has 26 heavy (non-hydrogen) atoms. The first-order chi connectivity index (χ1) is 12.4. The van der Waals surface area contributed by atoms with Crippen molar-refractivity contribution in [3.8, 4) is 17.2 Å². The quantitative estimate of drug-likeness (QED) is 0.750. The lowest BCUT2D eigenvalue weighted by atomic mass is 9.99. The number of sulfonamides is 1. The maximum atomic E-state index is 12.7. The van der Waals surface area contributed by atoms with E-state index >= 15 is 0 Å². The van der Waals surface area contributed by atoms with Crippen LogP contribution in [-0.4, -0.2) is 29.7 Å². The van der Waals surface area contributed by atoms with Gasteiger partial charge in [-0.1, -0.05) is 26.0 Å². The summed E-state index contributed by atoms with van der Waals surface area (Å²) in [6.07, 6.45) is 0.996. The van der Waals surface area contributed by atoms with E-state index < -0.39 is 10.0 Å². The van der Waals surface area contributed by atoms with Crippen LogP contribution in [0.25, 0.3) is 0 Å². The minimum Gasteiger partial charge on any atom is -0.493 e. The van der Waals surface area contributed by atoms with Crippen molar-refractivity contribution in [3.63, 3.8) is 0 Å². The minimum absolute atomic E-state index is 0.193. The van der Waals surface area contributed by atoms with Gasteiger partial charge >= 0.3 is 0 Å². The van der Waals surface area contributed by atoms with Crippen molar-refractivity contribution in [1.82, 2.24) is 0 Å². The number of nitrogens with one attached hydrogen (secondary N) is 1. The summed E-state index contributed by atoms with van der Waals surface area (Å²) in [6.45, 7) is 4.21. The summed E-state index contributed by atoms with van der Waals surface area (Å²) in [6, 6.07) is 10.0. The van der Waals surface area contributed by atoms with Crippen LogP contribution in [0.1, 0.15) is 31.7 Å². The number of anilines is 1. The number of ether oxygens (including phenoxy) is 3. The van der Waals surface area contributed by atoms with E-state index in [1.807, 2.05) is 12.1 Å². The van der Waals surface area contributed by atoms with Gasteiger partial charge in [0, 0.05) is 12.1 Å². The second-order valence-electron chi connectivity index (χ2n) is 5.90. The molecule has 1 unspecified atom stereocenters. The molecule has 0 aliphatic carbocycles. The van der Waals surface area contributed by atoms with Gasteiger partial charge in [0.15, 0.2) is 11.5 Å². The third kappa shape index (κ3) is 4.22. The van der Waals surface area contributed by atoms with E-state index in [0.717, 1.165) is 12.0 Å². The molecule has 0 saturated heterocycles. The first-order valence-electron chi connectivity index (χ1n) is 8.29. The van der Waals surface area contributed by atoms with Gasteiger partial charge in [-0.25, -0.2) is 8.42 Å². The van der Waals surface area contributed by atoms with Crippen molar-refractivity contribution in [3.05, 3.63) is 42.0 Å². The Bertz CT molecular complexity index is 822. The molecule has 0 aliphatic rings. The van der Waals surface area contributed by atoms with Crippen LogP contribution >= 0.6 is 0 Å². The fourth-order valence-corrected chi connectivity index (χ4v) is 3.61. The molecule has 6 nitrogen and oxygen atoms in total. The molecule has 0 spiro atoms. The zero-order valence-electron chi connectivity index (χ0n) is 15.7. The van der Waals surface area contributed by atoms with E-state index in [2.05, 4.69) is 18.6 Å². The Morgan fingerprint density at radius 3 is 1.92 bits per heavy atom. The molecule has 0 amide bonds. The van der Waals surface area contributed by atoms with Gasteiger partial charge in [0.05, 0.1) is 31.9 Å². The fourth-order valence-electron chi connectivity index (χ4n) is 2.57. The Balaban J connectivity index is 2.34. The Morgan fingerprint density at radius 1 is 0.962 bits per heavy atom. The zero-order chi connectivity index (χ0) is 19.3. The van der Waals surface area contributed by atoms with Crippen molar-refractivity contribution in [2.24, 2.45) is 0 Å². The fraction of sp³-hybridized carbons (Fsp3) is 0.368. The second-order valence-corrected chi connectivity index (χ2v) is 7.58. The molecule has 0 bridgehead atoms. The van der Waals surface area contributed by atoms with Crippen molar-refractivity contribution >= 4 is 15.7 Å². The maximum absolute atomic E-state index is 12.7. The summed E-state index contributed by atoms with van der Waals surface area (Å²) >= 11 is 0. The van der Waals surface area contributed by atoms with Crippen LogP contribution in [0.4, 0.5) is 5.69 Å². The second kappa shape index (κ2) is 8.31. The molecule has 0 saturated carbocycles. The molecular formula is C19H25NO5S. The topological polar surface area (TPSA) is 73.9 Å². The predicted octanol–water partition coefficient (Wildman–Crippen LogP) is 4.03. The predicted molar refractivity (Wildman–Crippen MR) is 102 cm³/mol. The summed E-state index contributed by atoms with van der Waals surface area (Å²) in [5, 5.41) is 0. The van der Waals surface area contributed by atoms with E-state index in [1.54, 1.807) is 24.3 Å². The van der Waals surface area contributed by atoms with Crippen molar-refractivity contribution in [2.45, 2.75) is 31.1 Å². The molecule has 0 aromatic heterocycles. The molecule has 0 aliphatic heterocycles. The summed E-state index contributed by atoms with van der Waals surface area (Å²) in [5.74, 6) is 1.53. The molecule has 142 valence electrons. The normalized spacial score (nSPS) is 12.3. The smallest absolute Gasteiger partial charge is 0.261 e. The Hall–Kier alpha value is -2.41. The largest absolute Gasteiger partial charge is 0.493 e. The highest BCUT2D eigenvalue weighted by atomic mass is 32.2. The SMILES string of the molecule is CCC(C)c1ccc(S(=O)(=O)Nc2cc(OC)c(OC)c(OC)c2)cc1. The standard InChI is InChI=1S/C19H25NO5S/c1-6-13(2)14-7-9-16(10-8-14)26(21,22)20-15-11-17(23-3)19(25-5)18(12-15)24-4/h7-13,20H,6H2,1-5H3. The average molecular weight is 379 g/mol. The lowest BCUT2D eigenvalue weighted by molar-refractivity contribution is 0.325. The van der Waals surface area contributed by atoms with E-state index in [0.29, 0.717) is 28.9 Å². The number of rotatable bonds is 8. The lowest BCUT2D eigenvalue weighted by Crippen LogP contribution is -2.13. The van der Waals surface area contributed by atoms with Crippen LogP contribution in [-0.2, 0) is 10.0 Å². The summed E-state index contributed by atoms with van der Waals surface area (Å²) < 4.78 is 43.7. The number of hydrogen-bond donors (Lipinski definition) is 1. The maximum Gasteiger partial charge on any atom is 0.261 e. The monoisotopic (exact) mass is 379 g/mol. The van der Waals surface area contributed by atoms with E-state index in [-0.39, 0.29) is 4.90 Å². The molecule has 0 heterocycles. The first-order valence-corrected chi connectivity index (χ1v) is 9.77. The number of methoxy groups -OCH3 is 3. The van der Waals surface area contributed by atoms with Crippen molar-refractivity contribution in [2.75, 3.05) is 26.1 Å². The van der Waals surface area contributed by atoms with E-state index in [9.17, 15) is 8.42 Å². The van der Waals surface area contributed by atoms with Crippen LogP contribution < -0.4 is 18.9 Å². The third-order valence-electron chi connectivity index (χ3n) is 4.29. The Labute approximate surface area is 155 Å². The highest BCUT2D eigenvalue weighted by Crippen LogP contribution is 2.40. The Kier molecular flexibility index (Phi) is 6.37. The van der Waals surface area contributed by atoms with Gasteiger partial charge in [-0.2, -0.15) is 0 Å². The molecule has 2 aromatic carbocycles. The summed E-state index contributed by atoms with van der Waals surface area (Å²) in [7, 11) is 0.706. The van der Waals surface area contributed by atoms with E-state index in [1.165, 1.54) is 21.3 Å². The van der Waals surface area contributed by atoms with Crippen LogP contribution in [0.15, 0.2) is 41.3 Å².